The Morgan fingerprint density at radius 2 is 1.76 bits per heavy atom. The number of hydrogen-bond donors (Lipinski definition) is 3. The summed E-state index contributed by atoms with van der Waals surface area (Å²) in [6, 6.07) is 6.62. The molecule has 0 saturated heterocycles. The average molecular weight is 406 g/mol. The van der Waals surface area contributed by atoms with Gasteiger partial charge in [0.2, 0.25) is 11.2 Å². The average Bonchev–Trinajstić information content (AvgIpc) is 2.63. The van der Waals surface area contributed by atoms with E-state index in [1.807, 2.05) is 0 Å². The van der Waals surface area contributed by atoms with Gasteiger partial charge in [0.1, 0.15) is 22.5 Å². The van der Waals surface area contributed by atoms with Gasteiger partial charge >= 0.3 is 0 Å². The zero-order valence-corrected chi connectivity index (χ0v) is 15.8. The third kappa shape index (κ3) is 4.57. The van der Waals surface area contributed by atoms with Gasteiger partial charge in [-0.3, -0.25) is 9.59 Å². The Morgan fingerprint density at radius 1 is 1.10 bits per heavy atom. The zero-order valence-electron chi connectivity index (χ0n) is 15.8. The largest absolute Gasteiger partial charge is 0.508 e. The molecule has 3 rings (SSSR count). The molecule has 0 aliphatic rings. The lowest BCUT2D eigenvalue weighted by atomic mass is 10.1. The second-order valence-electron chi connectivity index (χ2n) is 6.07. The highest BCUT2D eigenvalue weighted by molar-refractivity contribution is 5.88. The van der Waals surface area contributed by atoms with Crippen LogP contribution >= 0.6 is 0 Å². The van der Waals surface area contributed by atoms with Gasteiger partial charge in [0.05, 0.1) is 13.2 Å². The Kier molecular flexibility index (Phi) is 6.66. The van der Waals surface area contributed by atoms with Crippen LogP contribution in [0.1, 0.15) is 13.8 Å². The van der Waals surface area contributed by atoms with Gasteiger partial charge in [0, 0.05) is 17.7 Å². The number of halogens is 1. The molecule has 0 amide bonds. The first-order valence-electron chi connectivity index (χ1n) is 8.34. The standard InChI is InChI=1S/C19H18O7.CHFO/c1-9(2)25-14-7-11(20)8-15-16(14)17(23)19(24-3)18(26-15)10-4-5-12(21)13(22)6-10;2-1-3/h4-9,20-22H,1-3H3;1H. The summed E-state index contributed by atoms with van der Waals surface area (Å²) in [6.45, 7) is 2.84. The molecule has 1 heterocycles. The molecular weight excluding hydrogens is 387 g/mol. The van der Waals surface area contributed by atoms with Gasteiger partial charge in [-0.15, -0.1) is 0 Å². The van der Waals surface area contributed by atoms with E-state index < -0.39 is 12.0 Å². The predicted molar refractivity (Wildman–Crippen MR) is 103 cm³/mol. The number of carbonyl (C=O) groups is 1. The number of fused-ring (bicyclic) bond motifs is 1. The molecule has 0 saturated carbocycles. The number of phenols is 3. The highest BCUT2D eigenvalue weighted by atomic mass is 19.1. The quantitative estimate of drug-likeness (QED) is 0.341. The second kappa shape index (κ2) is 8.96. The third-order valence-electron chi connectivity index (χ3n) is 3.71. The van der Waals surface area contributed by atoms with Crippen LogP contribution in [0.25, 0.3) is 22.3 Å². The number of aromatic hydroxyl groups is 3. The lowest BCUT2D eigenvalue weighted by Crippen LogP contribution is -2.12. The number of ether oxygens (including phenoxy) is 2. The monoisotopic (exact) mass is 406 g/mol. The molecule has 29 heavy (non-hydrogen) atoms. The summed E-state index contributed by atoms with van der Waals surface area (Å²) in [6.07, 6.45) is -0.223. The molecule has 0 fully saturated rings. The van der Waals surface area contributed by atoms with Gasteiger partial charge < -0.3 is 29.2 Å². The number of phenolic OH excluding ortho intramolecular Hbond substituents is 3. The second-order valence-corrected chi connectivity index (χ2v) is 6.07. The van der Waals surface area contributed by atoms with E-state index >= 15 is 0 Å². The molecule has 0 spiro atoms. The van der Waals surface area contributed by atoms with Crippen LogP contribution < -0.4 is 14.9 Å². The SMILES string of the molecule is COc1c(-c2ccc(O)c(O)c2)oc2cc(O)cc(OC(C)C)c2c1=O.O=CF. The van der Waals surface area contributed by atoms with Crippen molar-refractivity contribution in [2.24, 2.45) is 0 Å². The van der Waals surface area contributed by atoms with Crippen molar-refractivity contribution in [3.63, 3.8) is 0 Å². The molecule has 3 N–H and O–H groups in total. The Bertz CT molecular complexity index is 1090. The molecule has 0 bridgehead atoms. The minimum atomic E-state index is -0.750. The molecule has 8 nitrogen and oxygen atoms in total. The zero-order chi connectivity index (χ0) is 21.7. The van der Waals surface area contributed by atoms with Crippen molar-refractivity contribution in [1.29, 1.82) is 0 Å². The molecule has 1 aromatic heterocycles. The molecule has 0 radical (unpaired) electrons. The molecule has 0 aliphatic heterocycles. The van der Waals surface area contributed by atoms with E-state index in [0.29, 0.717) is 5.56 Å². The smallest absolute Gasteiger partial charge is 0.289 e. The minimum absolute atomic E-state index is 0.0568. The van der Waals surface area contributed by atoms with Gasteiger partial charge in [-0.05, 0) is 32.0 Å². The van der Waals surface area contributed by atoms with E-state index in [-0.39, 0.29) is 51.6 Å². The van der Waals surface area contributed by atoms with E-state index in [1.165, 1.54) is 37.4 Å². The van der Waals surface area contributed by atoms with Crippen molar-refractivity contribution >= 4 is 17.5 Å². The summed E-state index contributed by atoms with van der Waals surface area (Å²) in [5.74, 6) is -0.639. The van der Waals surface area contributed by atoms with Crippen LogP contribution in [0.3, 0.4) is 0 Å². The van der Waals surface area contributed by atoms with Crippen LogP contribution in [-0.4, -0.2) is 35.1 Å². The van der Waals surface area contributed by atoms with Crippen molar-refractivity contribution in [1.82, 2.24) is 0 Å². The van der Waals surface area contributed by atoms with Gasteiger partial charge in [-0.1, -0.05) is 0 Å². The number of carbonyl (C=O) groups excluding carboxylic acids is 1. The van der Waals surface area contributed by atoms with Gasteiger partial charge in [0.25, 0.3) is 6.54 Å². The summed E-state index contributed by atoms with van der Waals surface area (Å²) in [5.41, 5.74) is -0.0493. The molecule has 0 unspecified atom stereocenters. The Hall–Kier alpha value is -3.75. The molecule has 2 aromatic carbocycles. The Labute approximate surface area is 164 Å². The summed E-state index contributed by atoms with van der Waals surface area (Å²) < 4.78 is 26.3. The van der Waals surface area contributed by atoms with Gasteiger partial charge in [-0.25, -0.2) is 0 Å². The first-order valence-corrected chi connectivity index (χ1v) is 8.34. The molecule has 154 valence electrons. The van der Waals surface area contributed by atoms with Crippen LogP contribution in [0.15, 0.2) is 39.5 Å². The van der Waals surface area contributed by atoms with Gasteiger partial charge in [-0.2, -0.15) is 4.39 Å². The molecular formula is C20H19FO8. The normalized spacial score (nSPS) is 10.4. The topological polar surface area (TPSA) is 126 Å². The lowest BCUT2D eigenvalue weighted by molar-refractivity contribution is 0.244. The molecule has 3 aromatic rings. The summed E-state index contributed by atoms with van der Waals surface area (Å²) in [5, 5.41) is 29.3. The summed E-state index contributed by atoms with van der Waals surface area (Å²) >= 11 is 0. The van der Waals surface area contributed by atoms with E-state index in [4.69, 9.17) is 18.7 Å². The Morgan fingerprint density at radius 3 is 2.31 bits per heavy atom. The predicted octanol–water partition coefficient (Wildman–Crippen LogP) is 3.52. The van der Waals surface area contributed by atoms with E-state index in [1.54, 1.807) is 13.8 Å². The first-order chi connectivity index (χ1) is 13.7. The maximum atomic E-state index is 13.0. The van der Waals surface area contributed by atoms with Crippen molar-refractivity contribution in [3.05, 3.63) is 40.6 Å². The van der Waals surface area contributed by atoms with Crippen LogP contribution in [0.4, 0.5) is 4.39 Å². The molecule has 0 atom stereocenters. The molecule has 9 heteroatoms. The van der Waals surface area contributed by atoms with E-state index in [0.717, 1.165) is 0 Å². The Balaban J connectivity index is 0.000000941. The lowest BCUT2D eigenvalue weighted by Gasteiger charge is -2.14. The van der Waals surface area contributed by atoms with Crippen molar-refractivity contribution < 1.29 is 38.4 Å². The highest BCUT2D eigenvalue weighted by Crippen LogP contribution is 2.38. The third-order valence-corrected chi connectivity index (χ3v) is 3.71. The number of hydrogen-bond acceptors (Lipinski definition) is 8. The fourth-order valence-electron chi connectivity index (χ4n) is 2.64. The highest BCUT2D eigenvalue weighted by Gasteiger charge is 2.21. The summed E-state index contributed by atoms with van der Waals surface area (Å²) in [4.78, 5) is 21.1. The number of methoxy groups -OCH3 is 1. The van der Waals surface area contributed by atoms with Crippen LogP contribution in [0.5, 0.6) is 28.7 Å². The van der Waals surface area contributed by atoms with Crippen molar-refractivity contribution in [2.45, 2.75) is 20.0 Å². The maximum Gasteiger partial charge on any atom is 0.289 e. The van der Waals surface area contributed by atoms with E-state index in [9.17, 15) is 24.5 Å². The van der Waals surface area contributed by atoms with Crippen molar-refractivity contribution in [3.8, 4) is 40.1 Å². The van der Waals surface area contributed by atoms with E-state index in [2.05, 4.69) is 0 Å². The van der Waals surface area contributed by atoms with Crippen LogP contribution in [0, 0.1) is 0 Å². The first kappa shape index (κ1) is 21.5. The minimum Gasteiger partial charge on any atom is -0.508 e. The van der Waals surface area contributed by atoms with Crippen LogP contribution in [0.2, 0.25) is 0 Å². The fourth-order valence-corrected chi connectivity index (χ4v) is 2.64. The number of rotatable bonds is 4. The summed E-state index contributed by atoms with van der Waals surface area (Å²) in [7, 11) is 1.32. The molecule has 0 aliphatic carbocycles. The van der Waals surface area contributed by atoms with Crippen LogP contribution in [-0.2, 0) is 4.79 Å². The van der Waals surface area contributed by atoms with Gasteiger partial charge in [0.15, 0.2) is 17.3 Å². The maximum absolute atomic E-state index is 13.0. The number of benzene rings is 2. The fraction of sp³-hybridized carbons (Fsp3) is 0.200. The van der Waals surface area contributed by atoms with Crippen molar-refractivity contribution in [2.75, 3.05) is 7.11 Å².